The highest BCUT2D eigenvalue weighted by Crippen LogP contribution is 2.23. The highest BCUT2D eigenvalue weighted by atomic mass is 32.2. The summed E-state index contributed by atoms with van der Waals surface area (Å²) in [6.07, 6.45) is 1.83. The molecule has 1 amide bonds. The number of carbonyl (C=O) groups excluding carboxylic acids is 1. The molecule has 2 aromatic rings. The Hall–Kier alpha value is -2.73. The topological polar surface area (TPSA) is 111 Å². The van der Waals surface area contributed by atoms with Crippen molar-refractivity contribution in [1.82, 2.24) is 10.0 Å². The minimum atomic E-state index is -3.78. The van der Waals surface area contributed by atoms with Gasteiger partial charge in [0.15, 0.2) is 0 Å². The van der Waals surface area contributed by atoms with E-state index in [4.69, 9.17) is 0 Å². The molecule has 1 aliphatic heterocycles. The van der Waals surface area contributed by atoms with E-state index in [0.29, 0.717) is 5.56 Å². The average molecular weight is 427 g/mol. The van der Waals surface area contributed by atoms with Crippen molar-refractivity contribution >= 4 is 21.6 Å². The summed E-state index contributed by atoms with van der Waals surface area (Å²) in [6, 6.07) is 13.1. The van der Waals surface area contributed by atoms with Gasteiger partial charge in [-0.05, 0) is 75.5 Å². The van der Waals surface area contributed by atoms with Crippen LogP contribution < -0.4 is 15.4 Å². The summed E-state index contributed by atoms with van der Waals surface area (Å²) < 4.78 is 28.4. The van der Waals surface area contributed by atoms with Crippen LogP contribution in [0.25, 0.3) is 0 Å². The highest BCUT2D eigenvalue weighted by Gasteiger charge is 2.25. The molecular weight excluding hydrogens is 400 g/mol. The quantitative estimate of drug-likeness (QED) is 0.658. The summed E-state index contributed by atoms with van der Waals surface area (Å²) in [7, 11) is -3.78. The molecule has 1 atom stereocenters. The first-order valence-electron chi connectivity index (χ1n) is 9.96. The summed E-state index contributed by atoms with van der Waals surface area (Å²) in [5, 5.41) is 15.5. The van der Waals surface area contributed by atoms with Crippen LogP contribution in [0.1, 0.15) is 41.3 Å². The predicted octanol–water partition coefficient (Wildman–Crippen LogP) is 2.79. The first-order chi connectivity index (χ1) is 14.3. The molecular formula is C22H26N4O3S. The molecule has 8 heteroatoms. The van der Waals surface area contributed by atoms with Crippen molar-refractivity contribution in [3.8, 4) is 6.07 Å². The van der Waals surface area contributed by atoms with Crippen LogP contribution in [0.15, 0.2) is 47.4 Å². The van der Waals surface area contributed by atoms with Crippen molar-refractivity contribution in [3.05, 3.63) is 59.2 Å². The van der Waals surface area contributed by atoms with Crippen molar-refractivity contribution in [3.63, 3.8) is 0 Å². The minimum absolute atomic E-state index is 0.00808. The molecule has 0 unspecified atom stereocenters. The highest BCUT2D eigenvalue weighted by molar-refractivity contribution is 7.89. The third-order valence-corrected chi connectivity index (χ3v) is 7.05. The molecule has 7 nitrogen and oxygen atoms in total. The molecule has 2 aromatic carbocycles. The molecule has 0 aromatic heterocycles. The van der Waals surface area contributed by atoms with E-state index in [9.17, 15) is 18.5 Å². The number of piperidine rings is 1. The van der Waals surface area contributed by atoms with Crippen LogP contribution in [0.4, 0.5) is 5.69 Å². The van der Waals surface area contributed by atoms with Gasteiger partial charge in [0.05, 0.1) is 16.1 Å². The van der Waals surface area contributed by atoms with E-state index < -0.39 is 10.0 Å². The minimum Gasteiger partial charge on any atom is -0.321 e. The number of nitrogens with one attached hydrogen (secondary N) is 3. The van der Waals surface area contributed by atoms with E-state index in [-0.39, 0.29) is 34.0 Å². The van der Waals surface area contributed by atoms with Crippen LogP contribution in [-0.4, -0.2) is 33.5 Å². The van der Waals surface area contributed by atoms with Crippen LogP contribution in [-0.2, 0) is 10.0 Å². The molecule has 0 aliphatic carbocycles. The molecule has 1 aliphatic rings. The third-order valence-electron chi connectivity index (χ3n) is 5.49. The third kappa shape index (κ3) is 5.05. The van der Waals surface area contributed by atoms with Crippen molar-refractivity contribution in [1.29, 1.82) is 5.26 Å². The number of nitrogens with zero attached hydrogens (tertiary/aromatic N) is 1. The number of nitriles is 1. The Kier molecular flexibility index (Phi) is 6.87. The van der Waals surface area contributed by atoms with Crippen LogP contribution in [0.2, 0.25) is 0 Å². The van der Waals surface area contributed by atoms with Crippen LogP contribution >= 0.6 is 0 Å². The Morgan fingerprint density at radius 2 is 1.90 bits per heavy atom. The number of carbonyl (C=O) groups is 1. The zero-order valence-corrected chi connectivity index (χ0v) is 17.9. The van der Waals surface area contributed by atoms with Gasteiger partial charge in [-0.25, -0.2) is 13.1 Å². The Balaban J connectivity index is 1.78. The van der Waals surface area contributed by atoms with Crippen molar-refractivity contribution < 1.29 is 13.2 Å². The number of aryl methyl sites for hydroxylation is 1. The number of rotatable bonds is 6. The van der Waals surface area contributed by atoms with Gasteiger partial charge in [-0.3, -0.25) is 4.79 Å². The Labute approximate surface area is 177 Å². The SMILES string of the molecule is Cc1ccccc1C(=O)Nc1ccc(S(=O)(=O)N[C@H](C)C2CCNCC2)cc1C#N. The molecule has 158 valence electrons. The summed E-state index contributed by atoms with van der Waals surface area (Å²) in [5.41, 5.74) is 1.67. The van der Waals surface area contributed by atoms with E-state index in [1.807, 2.05) is 32.0 Å². The first-order valence-corrected chi connectivity index (χ1v) is 11.4. The maximum Gasteiger partial charge on any atom is 0.255 e. The summed E-state index contributed by atoms with van der Waals surface area (Å²) >= 11 is 0. The lowest BCUT2D eigenvalue weighted by Gasteiger charge is -2.28. The van der Waals surface area contributed by atoms with Gasteiger partial charge in [0, 0.05) is 11.6 Å². The number of benzene rings is 2. The van der Waals surface area contributed by atoms with E-state index in [0.717, 1.165) is 31.5 Å². The molecule has 3 rings (SSSR count). The van der Waals surface area contributed by atoms with Crippen molar-refractivity contribution in [2.45, 2.75) is 37.6 Å². The second-order valence-corrected chi connectivity index (χ2v) is 9.30. The molecule has 30 heavy (non-hydrogen) atoms. The lowest BCUT2D eigenvalue weighted by molar-refractivity contribution is 0.102. The molecule has 0 radical (unpaired) electrons. The largest absolute Gasteiger partial charge is 0.321 e. The van der Waals surface area contributed by atoms with Gasteiger partial charge < -0.3 is 10.6 Å². The molecule has 1 heterocycles. The second-order valence-electron chi connectivity index (χ2n) is 7.59. The summed E-state index contributed by atoms with van der Waals surface area (Å²) in [5.74, 6) is -0.0815. The Bertz CT molecular complexity index is 1070. The molecule has 3 N–H and O–H groups in total. The van der Waals surface area contributed by atoms with Gasteiger partial charge in [-0.1, -0.05) is 18.2 Å². The van der Waals surface area contributed by atoms with E-state index in [2.05, 4.69) is 15.4 Å². The van der Waals surface area contributed by atoms with Crippen molar-refractivity contribution in [2.24, 2.45) is 5.92 Å². The maximum atomic E-state index is 12.8. The zero-order chi connectivity index (χ0) is 21.7. The van der Waals surface area contributed by atoms with Gasteiger partial charge in [0.2, 0.25) is 10.0 Å². The van der Waals surface area contributed by atoms with Crippen LogP contribution in [0.3, 0.4) is 0 Å². The fourth-order valence-electron chi connectivity index (χ4n) is 3.66. The molecule has 0 bridgehead atoms. The standard InChI is InChI=1S/C22H26N4O3S/c1-15-5-3-4-6-20(15)22(27)25-21-8-7-19(13-18(21)14-23)30(28,29)26-16(2)17-9-11-24-12-10-17/h3-8,13,16-17,24,26H,9-12H2,1-2H3,(H,25,27)/t16-/m1/s1. The fourth-order valence-corrected chi connectivity index (χ4v) is 5.00. The number of amides is 1. The van der Waals surface area contributed by atoms with E-state index in [1.54, 1.807) is 12.1 Å². The smallest absolute Gasteiger partial charge is 0.255 e. The van der Waals surface area contributed by atoms with Crippen LogP contribution in [0, 0.1) is 24.2 Å². The summed E-state index contributed by atoms with van der Waals surface area (Å²) in [6.45, 7) is 5.45. The molecule has 1 saturated heterocycles. The van der Waals surface area contributed by atoms with Crippen molar-refractivity contribution in [2.75, 3.05) is 18.4 Å². The van der Waals surface area contributed by atoms with E-state index in [1.165, 1.54) is 18.2 Å². The lowest BCUT2D eigenvalue weighted by atomic mass is 9.92. The molecule has 0 saturated carbocycles. The average Bonchev–Trinajstić information content (AvgIpc) is 2.74. The number of anilines is 1. The summed E-state index contributed by atoms with van der Waals surface area (Å²) in [4.78, 5) is 12.6. The van der Waals surface area contributed by atoms with Gasteiger partial charge in [-0.15, -0.1) is 0 Å². The van der Waals surface area contributed by atoms with Crippen LogP contribution in [0.5, 0.6) is 0 Å². The predicted molar refractivity (Wildman–Crippen MR) is 116 cm³/mol. The van der Waals surface area contributed by atoms with E-state index >= 15 is 0 Å². The number of sulfonamides is 1. The fraction of sp³-hybridized carbons (Fsp3) is 0.364. The second kappa shape index (κ2) is 9.39. The molecule has 0 spiro atoms. The maximum absolute atomic E-state index is 12.8. The lowest BCUT2D eigenvalue weighted by Crippen LogP contribution is -2.42. The Morgan fingerprint density at radius 3 is 2.57 bits per heavy atom. The first kappa shape index (κ1) is 22.0. The monoisotopic (exact) mass is 426 g/mol. The van der Waals surface area contributed by atoms with Gasteiger partial charge in [0.1, 0.15) is 6.07 Å². The van der Waals surface area contributed by atoms with Gasteiger partial charge >= 0.3 is 0 Å². The number of hydrogen-bond acceptors (Lipinski definition) is 5. The zero-order valence-electron chi connectivity index (χ0n) is 17.1. The van der Waals surface area contributed by atoms with Gasteiger partial charge in [0.25, 0.3) is 5.91 Å². The Morgan fingerprint density at radius 1 is 1.20 bits per heavy atom. The number of hydrogen-bond donors (Lipinski definition) is 3. The van der Waals surface area contributed by atoms with Gasteiger partial charge in [-0.2, -0.15) is 5.26 Å². The molecule has 1 fully saturated rings. The normalized spacial score (nSPS) is 15.9.